The third-order valence-corrected chi connectivity index (χ3v) is 5.99. The molecule has 1 aromatic carbocycles. The molecule has 4 nitrogen and oxygen atoms in total. The highest BCUT2D eigenvalue weighted by Crippen LogP contribution is 2.61. The summed E-state index contributed by atoms with van der Waals surface area (Å²) in [5, 5.41) is 0.868. The van der Waals surface area contributed by atoms with Gasteiger partial charge in [-0.05, 0) is 46.1 Å². The van der Waals surface area contributed by atoms with Gasteiger partial charge in [0.2, 0.25) is 0 Å². The second-order valence-electron chi connectivity index (χ2n) is 8.00. The fraction of sp³-hybridized carbons (Fsp3) is 0.526. The summed E-state index contributed by atoms with van der Waals surface area (Å²) in [6.07, 6.45) is 3.19. The first kappa shape index (κ1) is 13.5. The summed E-state index contributed by atoms with van der Waals surface area (Å²) in [4.78, 5) is 11.6. The molecule has 0 spiro atoms. The molecular formula is C19H20O4. The molecule has 2 aromatic rings. The predicted molar refractivity (Wildman–Crippen MR) is 86.3 cm³/mol. The van der Waals surface area contributed by atoms with Crippen molar-refractivity contribution in [3.63, 3.8) is 0 Å². The molecule has 1 fully saturated rings. The Hall–Kier alpha value is -1.97. The van der Waals surface area contributed by atoms with E-state index in [1.807, 2.05) is 12.1 Å². The Morgan fingerprint density at radius 3 is 2.83 bits per heavy atom. The zero-order chi connectivity index (χ0) is 16.0. The lowest BCUT2D eigenvalue weighted by Crippen LogP contribution is -2.53. The van der Waals surface area contributed by atoms with Crippen LogP contribution < -0.4 is 15.1 Å². The summed E-state index contributed by atoms with van der Waals surface area (Å²) in [6.45, 7) is 6.55. The van der Waals surface area contributed by atoms with Gasteiger partial charge in [0, 0.05) is 29.5 Å². The Kier molecular flexibility index (Phi) is 2.29. The lowest BCUT2D eigenvalue weighted by molar-refractivity contribution is -0.0718. The van der Waals surface area contributed by atoms with Gasteiger partial charge in [-0.25, -0.2) is 4.79 Å². The van der Waals surface area contributed by atoms with Crippen LogP contribution in [0.3, 0.4) is 0 Å². The minimum absolute atomic E-state index is 0.123. The highest BCUT2D eigenvalue weighted by molar-refractivity contribution is 5.88. The maximum absolute atomic E-state index is 11.6. The molecule has 1 saturated carbocycles. The van der Waals surface area contributed by atoms with Crippen LogP contribution in [-0.2, 0) is 0 Å². The lowest BCUT2D eigenvalue weighted by atomic mass is 9.61. The van der Waals surface area contributed by atoms with Crippen LogP contribution in [0.1, 0.15) is 51.5 Å². The molecule has 5 rings (SSSR count). The molecule has 23 heavy (non-hydrogen) atoms. The summed E-state index contributed by atoms with van der Waals surface area (Å²) in [6, 6.07) is 5.15. The molecule has 1 unspecified atom stereocenters. The van der Waals surface area contributed by atoms with Crippen molar-refractivity contribution < 1.29 is 13.9 Å². The second kappa shape index (κ2) is 3.92. The van der Waals surface area contributed by atoms with Gasteiger partial charge in [0.25, 0.3) is 0 Å². The minimum atomic E-state index is -0.347. The van der Waals surface area contributed by atoms with Gasteiger partial charge < -0.3 is 13.9 Å². The van der Waals surface area contributed by atoms with E-state index in [2.05, 4.69) is 20.8 Å². The van der Waals surface area contributed by atoms with Crippen molar-refractivity contribution in [2.45, 2.75) is 57.2 Å². The van der Waals surface area contributed by atoms with Gasteiger partial charge in [0.1, 0.15) is 28.3 Å². The van der Waals surface area contributed by atoms with Crippen LogP contribution in [0.25, 0.3) is 11.0 Å². The third-order valence-electron chi connectivity index (χ3n) is 5.99. The van der Waals surface area contributed by atoms with Gasteiger partial charge in [0.15, 0.2) is 0 Å². The van der Waals surface area contributed by atoms with Crippen LogP contribution in [0.4, 0.5) is 0 Å². The Bertz CT molecular complexity index is 894. The van der Waals surface area contributed by atoms with Crippen LogP contribution in [0.5, 0.6) is 11.5 Å². The van der Waals surface area contributed by atoms with E-state index < -0.39 is 0 Å². The fourth-order valence-electron chi connectivity index (χ4n) is 4.93. The first-order valence-electron chi connectivity index (χ1n) is 8.35. The Labute approximate surface area is 134 Å². The summed E-state index contributed by atoms with van der Waals surface area (Å²) >= 11 is 0. The number of hydrogen-bond donors (Lipinski definition) is 0. The van der Waals surface area contributed by atoms with Crippen molar-refractivity contribution in [2.24, 2.45) is 5.92 Å². The van der Waals surface area contributed by atoms with Crippen LogP contribution in [0, 0.1) is 5.92 Å². The van der Waals surface area contributed by atoms with Crippen molar-refractivity contribution >= 4 is 11.0 Å². The summed E-state index contributed by atoms with van der Waals surface area (Å²) in [5.74, 6) is 2.63. The fourth-order valence-corrected chi connectivity index (χ4v) is 4.93. The number of benzene rings is 1. The van der Waals surface area contributed by atoms with E-state index in [9.17, 15) is 4.79 Å². The molecule has 2 bridgehead atoms. The summed E-state index contributed by atoms with van der Waals surface area (Å²) < 4.78 is 18.2. The first-order valence-corrected chi connectivity index (χ1v) is 8.35. The SMILES string of the molecule is CC1(C)Oc2c3c(cc4oc(=O)ccc24)O[C@]2(C)CC[C@H]1C3C2. The Morgan fingerprint density at radius 1 is 1.17 bits per heavy atom. The first-order chi connectivity index (χ1) is 10.9. The molecule has 0 saturated heterocycles. The summed E-state index contributed by atoms with van der Waals surface area (Å²) in [7, 11) is 0. The van der Waals surface area contributed by atoms with Crippen LogP contribution >= 0.6 is 0 Å². The number of ether oxygens (including phenoxy) is 2. The zero-order valence-corrected chi connectivity index (χ0v) is 13.6. The van der Waals surface area contributed by atoms with Gasteiger partial charge >= 0.3 is 5.63 Å². The zero-order valence-electron chi connectivity index (χ0n) is 13.6. The smallest absolute Gasteiger partial charge is 0.336 e. The normalized spacial score (nSPS) is 33.0. The molecule has 1 aromatic heterocycles. The van der Waals surface area contributed by atoms with Gasteiger partial charge in [0.05, 0.1) is 5.39 Å². The monoisotopic (exact) mass is 312 g/mol. The minimum Gasteiger partial charge on any atom is -0.487 e. The molecule has 4 heteroatoms. The topological polar surface area (TPSA) is 48.7 Å². The highest BCUT2D eigenvalue weighted by atomic mass is 16.5. The van der Waals surface area contributed by atoms with Crippen molar-refractivity contribution in [1.29, 1.82) is 0 Å². The third kappa shape index (κ3) is 1.69. The molecular weight excluding hydrogens is 292 g/mol. The predicted octanol–water partition coefficient (Wildman–Crippen LogP) is 4.00. The molecule has 2 aliphatic heterocycles. The van der Waals surface area contributed by atoms with E-state index in [1.165, 1.54) is 11.6 Å². The molecule has 1 aliphatic carbocycles. The number of rotatable bonds is 0. The largest absolute Gasteiger partial charge is 0.487 e. The van der Waals surface area contributed by atoms with Crippen molar-refractivity contribution in [2.75, 3.05) is 0 Å². The van der Waals surface area contributed by atoms with Crippen LogP contribution in [0.2, 0.25) is 0 Å². The maximum atomic E-state index is 11.6. The van der Waals surface area contributed by atoms with Gasteiger partial charge in [-0.15, -0.1) is 0 Å². The van der Waals surface area contributed by atoms with E-state index in [4.69, 9.17) is 13.9 Å². The molecule has 0 N–H and O–H groups in total. The van der Waals surface area contributed by atoms with E-state index in [1.54, 1.807) is 0 Å². The molecule has 3 atom stereocenters. The van der Waals surface area contributed by atoms with E-state index in [-0.39, 0.29) is 16.8 Å². The Morgan fingerprint density at radius 2 is 2.00 bits per heavy atom. The number of fused-ring (bicyclic) bond motifs is 3. The highest BCUT2D eigenvalue weighted by Gasteiger charge is 2.54. The standard InChI is InChI=1S/C19H20O4/c1-18(2)12-6-7-19(3)9-11(12)16-14(22-19)8-13-10(17(16)23-18)4-5-15(20)21-13/h4-5,8,11-12H,6-7,9H2,1-3H3/t11?,12-,19+/m0/s1. The van der Waals surface area contributed by atoms with E-state index >= 15 is 0 Å². The molecule has 0 radical (unpaired) electrons. The van der Waals surface area contributed by atoms with Gasteiger partial charge in [-0.2, -0.15) is 0 Å². The molecule has 3 aliphatic rings. The van der Waals surface area contributed by atoms with E-state index in [0.29, 0.717) is 17.4 Å². The van der Waals surface area contributed by atoms with Gasteiger partial charge in [-0.1, -0.05) is 0 Å². The average molecular weight is 312 g/mol. The van der Waals surface area contributed by atoms with Crippen molar-refractivity contribution in [1.82, 2.24) is 0 Å². The summed E-state index contributed by atoms with van der Waals surface area (Å²) in [5.41, 5.74) is 1.02. The molecule has 3 heterocycles. The molecule has 0 amide bonds. The lowest BCUT2D eigenvalue weighted by Gasteiger charge is -2.55. The second-order valence-corrected chi connectivity index (χ2v) is 8.00. The number of hydrogen-bond acceptors (Lipinski definition) is 4. The van der Waals surface area contributed by atoms with E-state index in [0.717, 1.165) is 36.1 Å². The average Bonchev–Trinajstić information content (AvgIpc) is 2.44. The van der Waals surface area contributed by atoms with Crippen molar-refractivity contribution in [3.05, 3.63) is 34.2 Å². The van der Waals surface area contributed by atoms with Crippen LogP contribution in [-0.4, -0.2) is 11.2 Å². The van der Waals surface area contributed by atoms with Gasteiger partial charge in [-0.3, -0.25) is 0 Å². The van der Waals surface area contributed by atoms with Crippen LogP contribution in [0.15, 0.2) is 27.4 Å². The maximum Gasteiger partial charge on any atom is 0.336 e. The Balaban J connectivity index is 1.88. The quantitative estimate of drug-likeness (QED) is 0.690. The van der Waals surface area contributed by atoms with Crippen molar-refractivity contribution in [3.8, 4) is 11.5 Å². The molecule has 120 valence electrons.